The summed E-state index contributed by atoms with van der Waals surface area (Å²) in [6.45, 7) is 7.67. The number of piperazine rings is 1. The van der Waals surface area contributed by atoms with E-state index >= 15 is 0 Å². The maximum Gasteiger partial charge on any atom is 0.417 e. The van der Waals surface area contributed by atoms with E-state index in [1.807, 2.05) is 0 Å². The summed E-state index contributed by atoms with van der Waals surface area (Å²) < 4.78 is 39.5. The van der Waals surface area contributed by atoms with Gasteiger partial charge in [-0.2, -0.15) is 13.2 Å². The Morgan fingerprint density at radius 1 is 1.25 bits per heavy atom. The first kappa shape index (κ1) is 21.6. The van der Waals surface area contributed by atoms with Crippen LogP contribution in [0.2, 0.25) is 5.02 Å². The molecule has 0 aromatic heterocycles. The molecule has 1 unspecified atom stereocenters. The van der Waals surface area contributed by atoms with E-state index in [2.05, 4.69) is 24.1 Å². The fourth-order valence-electron chi connectivity index (χ4n) is 3.42. The molecule has 2 atom stereocenters. The van der Waals surface area contributed by atoms with Crippen LogP contribution >= 0.6 is 24.0 Å². The van der Waals surface area contributed by atoms with Gasteiger partial charge in [-0.15, -0.1) is 12.4 Å². The number of nitrogens with one attached hydrogen (secondary N) is 1. The van der Waals surface area contributed by atoms with E-state index in [1.165, 1.54) is 12.1 Å². The topological polar surface area (TPSA) is 15.3 Å². The van der Waals surface area contributed by atoms with Crippen LogP contribution in [0.4, 0.5) is 13.2 Å². The first-order valence-electron chi connectivity index (χ1n) is 8.16. The third kappa shape index (κ3) is 5.25. The van der Waals surface area contributed by atoms with Crippen LogP contribution in [0.5, 0.6) is 0 Å². The quantitative estimate of drug-likeness (QED) is 0.753. The number of nitrogens with zero attached hydrogens (tertiary/aromatic N) is 1. The molecule has 0 aliphatic carbocycles. The van der Waals surface area contributed by atoms with Gasteiger partial charge in [0.2, 0.25) is 0 Å². The summed E-state index contributed by atoms with van der Waals surface area (Å²) in [6, 6.07) is 4.36. The molecular weight excluding hydrogens is 360 g/mol. The van der Waals surface area contributed by atoms with Crippen molar-refractivity contribution in [2.24, 2.45) is 5.92 Å². The van der Waals surface area contributed by atoms with Crippen LogP contribution in [0.25, 0.3) is 0 Å². The number of alkyl halides is 3. The van der Waals surface area contributed by atoms with Gasteiger partial charge in [0.25, 0.3) is 0 Å². The van der Waals surface area contributed by atoms with Crippen molar-refractivity contribution in [1.82, 2.24) is 10.2 Å². The Morgan fingerprint density at radius 2 is 1.88 bits per heavy atom. The second-order valence-corrected chi connectivity index (χ2v) is 6.64. The molecule has 1 aromatic rings. The van der Waals surface area contributed by atoms with Crippen molar-refractivity contribution in [2.75, 3.05) is 26.2 Å². The predicted molar refractivity (Wildman–Crippen MR) is 95.0 cm³/mol. The molecule has 138 valence electrons. The molecule has 1 aliphatic heterocycles. The Bertz CT molecular complexity index is 517. The van der Waals surface area contributed by atoms with E-state index in [4.69, 9.17) is 11.6 Å². The van der Waals surface area contributed by atoms with Crippen molar-refractivity contribution >= 4 is 24.0 Å². The number of rotatable bonds is 5. The first-order valence-corrected chi connectivity index (χ1v) is 8.53. The SMILES string of the molecule is CCCC(C)[C@@H](c1ccc(Cl)c(C(F)(F)F)c1)N1CCNCC1.Cl. The molecule has 24 heavy (non-hydrogen) atoms. The average molecular weight is 385 g/mol. The van der Waals surface area contributed by atoms with Crippen LogP contribution in [-0.2, 0) is 6.18 Å². The van der Waals surface area contributed by atoms with E-state index in [0.29, 0.717) is 11.5 Å². The third-order valence-electron chi connectivity index (χ3n) is 4.47. The smallest absolute Gasteiger partial charge is 0.314 e. The summed E-state index contributed by atoms with van der Waals surface area (Å²) in [6.07, 6.45) is -2.42. The fraction of sp³-hybridized carbons (Fsp3) is 0.647. The van der Waals surface area contributed by atoms with Gasteiger partial charge in [-0.05, 0) is 30.0 Å². The molecule has 2 nitrogen and oxygen atoms in total. The standard InChI is InChI=1S/C17H24ClF3N2.ClH/c1-3-4-12(2)16(23-9-7-22-8-10-23)13-5-6-15(18)14(11-13)17(19,20)21;/h5-6,11-12,16,22H,3-4,7-10H2,1-2H3;1H/t12?,16-;/m0./s1. The zero-order chi connectivity index (χ0) is 17.0. The van der Waals surface area contributed by atoms with Gasteiger partial charge in [-0.3, -0.25) is 4.90 Å². The average Bonchev–Trinajstić information content (AvgIpc) is 2.49. The van der Waals surface area contributed by atoms with Gasteiger partial charge in [0, 0.05) is 32.2 Å². The zero-order valence-electron chi connectivity index (χ0n) is 14.0. The van der Waals surface area contributed by atoms with Gasteiger partial charge in [-0.25, -0.2) is 0 Å². The van der Waals surface area contributed by atoms with Crippen molar-refractivity contribution in [1.29, 1.82) is 0 Å². The normalized spacial score (nSPS) is 18.8. The maximum atomic E-state index is 13.2. The predicted octanol–water partition coefficient (Wildman–Crippen LogP) is 5.16. The Kier molecular flexibility index (Phi) is 8.33. The molecule has 1 aliphatic rings. The van der Waals surface area contributed by atoms with Gasteiger partial charge in [-0.1, -0.05) is 37.9 Å². The largest absolute Gasteiger partial charge is 0.417 e. The van der Waals surface area contributed by atoms with E-state index in [1.54, 1.807) is 6.07 Å². The molecule has 0 amide bonds. The minimum atomic E-state index is -4.42. The second-order valence-electron chi connectivity index (χ2n) is 6.23. The van der Waals surface area contributed by atoms with E-state index in [0.717, 1.165) is 39.0 Å². The van der Waals surface area contributed by atoms with Crippen molar-refractivity contribution in [3.05, 3.63) is 34.3 Å². The Hall–Kier alpha value is -0.490. The van der Waals surface area contributed by atoms with Gasteiger partial charge in [0.15, 0.2) is 0 Å². The highest BCUT2D eigenvalue weighted by atomic mass is 35.5. The maximum absolute atomic E-state index is 13.2. The molecule has 7 heteroatoms. The molecule has 1 N–H and O–H groups in total. The summed E-state index contributed by atoms with van der Waals surface area (Å²) in [5.41, 5.74) is -0.0231. The van der Waals surface area contributed by atoms with Gasteiger partial charge < -0.3 is 5.32 Å². The van der Waals surface area contributed by atoms with Gasteiger partial charge >= 0.3 is 6.18 Å². The van der Waals surface area contributed by atoms with Crippen LogP contribution in [0, 0.1) is 5.92 Å². The first-order chi connectivity index (χ1) is 10.8. The lowest BCUT2D eigenvalue weighted by molar-refractivity contribution is -0.137. The summed E-state index contributed by atoms with van der Waals surface area (Å²) in [4.78, 5) is 2.29. The highest BCUT2D eigenvalue weighted by Gasteiger charge is 2.35. The van der Waals surface area contributed by atoms with Gasteiger partial charge in [0.1, 0.15) is 0 Å². The molecule has 0 radical (unpaired) electrons. The second kappa shape index (κ2) is 9.27. The number of benzene rings is 1. The molecule has 1 heterocycles. The monoisotopic (exact) mass is 384 g/mol. The van der Waals surface area contributed by atoms with E-state index in [9.17, 15) is 13.2 Å². The molecule has 0 spiro atoms. The third-order valence-corrected chi connectivity index (χ3v) is 4.79. The van der Waals surface area contributed by atoms with E-state index in [-0.39, 0.29) is 23.5 Å². The number of hydrogen-bond acceptors (Lipinski definition) is 2. The summed E-state index contributed by atoms with van der Waals surface area (Å²) in [7, 11) is 0. The van der Waals surface area contributed by atoms with E-state index < -0.39 is 11.7 Å². The molecule has 0 bridgehead atoms. The number of hydrogen-bond donors (Lipinski definition) is 1. The highest BCUT2D eigenvalue weighted by Crippen LogP contribution is 2.39. The van der Waals surface area contributed by atoms with Crippen LogP contribution in [0.15, 0.2) is 18.2 Å². The molecular formula is C17H25Cl2F3N2. The summed E-state index contributed by atoms with van der Waals surface area (Å²) in [5, 5.41) is 3.06. The molecule has 0 saturated carbocycles. The molecule has 2 rings (SSSR count). The van der Waals surface area contributed by atoms with Gasteiger partial charge in [0.05, 0.1) is 10.6 Å². The number of halogens is 5. The van der Waals surface area contributed by atoms with Crippen molar-refractivity contribution in [3.8, 4) is 0 Å². The Balaban J connectivity index is 0.00000288. The molecule has 1 fully saturated rings. The lowest BCUT2D eigenvalue weighted by Crippen LogP contribution is -2.46. The van der Waals surface area contributed by atoms with Crippen molar-refractivity contribution < 1.29 is 13.2 Å². The molecule has 1 saturated heterocycles. The van der Waals surface area contributed by atoms with Crippen LogP contribution in [0.3, 0.4) is 0 Å². The van der Waals surface area contributed by atoms with Crippen LogP contribution in [0.1, 0.15) is 43.9 Å². The lowest BCUT2D eigenvalue weighted by Gasteiger charge is -2.39. The van der Waals surface area contributed by atoms with Crippen LogP contribution < -0.4 is 5.32 Å². The minimum Gasteiger partial charge on any atom is -0.314 e. The summed E-state index contributed by atoms with van der Waals surface area (Å²) in [5.74, 6) is 0.292. The Labute approximate surface area is 153 Å². The molecule has 1 aromatic carbocycles. The Morgan fingerprint density at radius 3 is 2.42 bits per heavy atom. The highest BCUT2D eigenvalue weighted by molar-refractivity contribution is 6.31. The van der Waals surface area contributed by atoms with Crippen molar-refractivity contribution in [3.63, 3.8) is 0 Å². The fourth-order valence-corrected chi connectivity index (χ4v) is 3.64. The summed E-state index contributed by atoms with van der Waals surface area (Å²) >= 11 is 5.77. The minimum absolute atomic E-state index is 0. The van der Waals surface area contributed by atoms with Crippen molar-refractivity contribution in [2.45, 2.75) is 38.9 Å². The lowest BCUT2D eigenvalue weighted by atomic mass is 9.88. The zero-order valence-corrected chi connectivity index (χ0v) is 15.6. The van der Waals surface area contributed by atoms with Crippen LogP contribution in [-0.4, -0.2) is 31.1 Å².